The van der Waals surface area contributed by atoms with Crippen LogP contribution in [0.3, 0.4) is 0 Å². The third kappa shape index (κ3) is 3.82. The maximum Gasteiger partial charge on any atom is 0.251 e. The van der Waals surface area contributed by atoms with Crippen LogP contribution < -0.4 is 10.6 Å². The Morgan fingerprint density at radius 2 is 2.00 bits per heavy atom. The predicted octanol–water partition coefficient (Wildman–Crippen LogP) is 3.87. The highest BCUT2D eigenvalue weighted by Crippen LogP contribution is 2.20. The van der Waals surface area contributed by atoms with Crippen LogP contribution in [0.5, 0.6) is 0 Å². The summed E-state index contributed by atoms with van der Waals surface area (Å²) in [6.45, 7) is 2.44. The van der Waals surface area contributed by atoms with Gasteiger partial charge in [0.1, 0.15) is 5.82 Å². The topological polar surface area (TPSA) is 41.1 Å². The molecule has 2 aromatic carbocycles. The minimum Gasteiger partial charge on any atom is -0.381 e. The minimum absolute atomic E-state index is 0.132. The Kier molecular flexibility index (Phi) is 4.96. The van der Waals surface area contributed by atoms with Crippen LogP contribution >= 0.6 is 15.9 Å². The number of amides is 1. The van der Waals surface area contributed by atoms with Gasteiger partial charge in [-0.15, -0.1) is 0 Å². The second-order valence-corrected chi connectivity index (χ2v) is 5.57. The Hall–Kier alpha value is -1.88. The molecule has 0 aromatic heterocycles. The van der Waals surface area contributed by atoms with Crippen molar-refractivity contribution < 1.29 is 9.18 Å². The SMILES string of the molecule is CNC(=O)c1ccc(C)c(NCc2ccc(Br)c(F)c2)c1. The number of nitrogens with one attached hydrogen (secondary N) is 2. The molecule has 5 heteroatoms. The summed E-state index contributed by atoms with van der Waals surface area (Å²) >= 11 is 3.13. The molecule has 21 heavy (non-hydrogen) atoms. The molecule has 0 radical (unpaired) electrons. The zero-order valence-corrected chi connectivity index (χ0v) is 13.4. The first-order valence-corrected chi connectivity index (χ1v) is 7.31. The third-order valence-electron chi connectivity index (χ3n) is 3.19. The van der Waals surface area contributed by atoms with Crippen molar-refractivity contribution in [2.24, 2.45) is 0 Å². The lowest BCUT2D eigenvalue weighted by atomic mass is 10.1. The zero-order valence-electron chi connectivity index (χ0n) is 11.8. The molecule has 2 rings (SSSR count). The van der Waals surface area contributed by atoms with Crippen LogP contribution in [0.2, 0.25) is 0 Å². The van der Waals surface area contributed by atoms with Gasteiger partial charge < -0.3 is 10.6 Å². The van der Waals surface area contributed by atoms with Gasteiger partial charge in [0.05, 0.1) is 4.47 Å². The average molecular weight is 351 g/mol. The van der Waals surface area contributed by atoms with E-state index >= 15 is 0 Å². The molecule has 0 aliphatic carbocycles. The Labute approximate surface area is 131 Å². The number of benzene rings is 2. The molecule has 0 heterocycles. The maximum atomic E-state index is 13.5. The smallest absolute Gasteiger partial charge is 0.251 e. The van der Waals surface area contributed by atoms with Gasteiger partial charge in [0, 0.05) is 24.8 Å². The van der Waals surface area contributed by atoms with E-state index in [0.29, 0.717) is 16.6 Å². The van der Waals surface area contributed by atoms with Gasteiger partial charge in [-0.1, -0.05) is 12.1 Å². The van der Waals surface area contributed by atoms with Gasteiger partial charge in [-0.2, -0.15) is 0 Å². The molecule has 0 unspecified atom stereocenters. The standard InChI is InChI=1S/C16H16BrFN2O/c1-10-3-5-12(16(21)19-2)8-15(10)20-9-11-4-6-13(17)14(18)7-11/h3-8,20H,9H2,1-2H3,(H,19,21). The summed E-state index contributed by atoms with van der Waals surface area (Å²) < 4.78 is 13.9. The normalized spacial score (nSPS) is 10.3. The first-order valence-electron chi connectivity index (χ1n) is 6.52. The molecular formula is C16H16BrFN2O. The van der Waals surface area contributed by atoms with E-state index in [1.54, 1.807) is 25.2 Å². The van der Waals surface area contributed by atoms with Crippen molar-refractivity contribution in [3.63, 3.8) is 0 Å². The van der Waals surface area contributed by atoms with Crippen molar-refractivity contribution >= 4 is 27.5 Å². The highest BCUT2D eigenvalue weighted by Gasteiger charge is 2.07. The summed E-state index contributed by atoms with van der Waals surface area (Å²) in [4.78, 5) is 11.6. The van der Waals surface area contributed by atoms with E-state index in [4.69, 9.17) is 0 Å². The molecular weight excluding hydrogens is 335 g/mol. The highest BCUT2D eigenvalue weighted by atomic mass is 79.9. The largest absolute Gasteiger partial charge is 0.381 e. The fourth-order valence-corrected chi connectivity index (χ4v) is 2.19. The summed E-state index contributed by atoms with van der Waals surface area (Å²) in [7, 11) is 1.60. The molecule has 0 fully saturated rings. The fourth-order valence-electron chi connectivity index (χ4n) is 1.94. The van der Waals surface area contributed by atoms with Gasteiger partial charge in [-0.3, -0.25) is 4.79 Å². The molecule has 1 amide bonds. The van der Waals surface area contributed by atoms with Gasteiger partial charge in [0.25, 0.3) is 5.91 Å². The monoisotopic (exact) mass is 350 g/mol. The van der Waals surface area contributed by atoms with Crippen LogP contribution in [-0.2, 0) is 6.54 Å². The Morgan fingerprint density at radius 1 is 1.24 bits per heavy atom. The minimum atomic E-state index is -0.287. The number of halogens is 2. The predicted molar refractivity (Wildman–Crippen MR) is 86.0 cm³/mol. The second kappa shape index (κ2) is 6.72. The zero-order chi connectivity index (χ0) is 15.4. The average Bonchev–Trinajstić information content (AvgIpc) is 2.49. The molecule has 0 bridgehead atoms. The Balaban J connectivity index is 2.15. The Morgan fingerprint density at radius 3 is 2.67 bits per heavy atom. The van der Waals surface area contributed by atoms with E-state index in [9.17, 15) is 9.18 Å². The van der Waals surface area contributed by atoms with E-state index in [1.165, 1.54) is 6.07 Å². The molecule has 2 N–H and O–H groups in total. The van der Waals surface area contributed by atoms with Gasteiger partial charge in [0.15, 0.2) is 0 Å². The number of hydrogen-bond acceptors (Lipinski definition) is 2. The molecule has 0 spiro atoms. The van der Waals surface area contributed by atoms with Crippen molar-refractivity contribution in [3.8, 4) is 0 Å². The van der Waals surface area contributed by atoms with Crippen LogP contribution in [-0.4, -0.2) is 13.0 Å². The van der Waals surface area contributed by atoms with Crippen LogP contribution in [0.15, 0.2) is 40.9 Å². The quantitative estimate of drug-likeness (QED) is 0.878. The molecule has 0 atom stereocenters. The van der Waals surface area contributed by atoms with Crippen LogP contribution in [0.25, 0.3) is 0 Å². The van der Waals surface area contributed by atoms with Crippen LogP contribution in [0, 0.1) is 12.7 Å². The number of aryl methyl sites for hydroxylation is 1. The summed E-state index contributed by atoms with van der Waals surface area (Å²) in [5, 5.41) is 5.83. The van der Waals surface area contributed by atoms with Crippen molar-refractivity contribution in [1.82, 2.24) is 5.32 Å². The van der Waals surface area contributed by atoms with Crippen LogP contribution in [0.4, 0.5) is 10.1 Å². The third-order valence-corrected chi connectivity index (χ3v) is 3.84. The summed E-state index contributed by atoms with van der Waals surface area (Å²) in [5.41, 5.74) is 3.31. The van der Waals surface area contributed by atoms with Gasteiger partial charge in [0.2, 0.25) is 0 Å². The highest BCUT2D eigenvalue weighted by molar-refractivity contribution is 9.10. The summed E-state index contributed by atoms with van der Waals surface area (Å²) in [6, 6.07) is 10.5. The van der Waals surface area contributed by atoms with Crippen molar-refractivity contribution in [2.75, 3.05) is 12.4 Å². The number of hydrogen-bond donors (Lipinski definition) is 2. The second-order valence-electron chi connectivity index (χ2n) is 4.71. The molecule has 0 saturated carbocycles. The lowest BCUT2D eigenvalue weighted by Gasteiger charge is -2.11. The van der Waals surface area contributed by atoms with Gasteiger partial charge in [-0.05, 0) is 58.2 Å². The van der Waals surface area contributed by atoms with E-state index in [1.807, 2.05) is 19.1 Å². The summed E-state index contributed by atoms with van der Waals surface area (Å²) in [5.74, 6) is -0.419. The summed E-state index contributed by atoms with van der Waals surface area (Å²) in [6.07, 6.45) is 0. The molecule has 0 saturated heterocycles. The first-order chi connectivity index (χ1) is 10.0. The van der Waals surface area contributed by atoms with E-state index < -0.39 is 0 Å². The lowest BCUT2D eigenvalue weighted by molar-refractivity contribution is 0.0963. The van der Waals surface area contributed by atoms with Crippen LogP contribution in [0.1, 0.15) is 21.5 Å². The maximum absolute atomic E-state index is 13.5. The molecule has 2 aromatic rings. The van der Waals surface area contributed by atoms with Gasteiger partial charge in [-0.25, -0.2) is 4.39 Å². The molecule has 3 nitrogen and oxygen atoms in total. The van der Waals surface area contributed by atoms with Crippen molar-refractivity contribution in [2.45, 2.75) is 13.5 Å². The van der Waals surface area contributed by atoms with E-state index in [0.717, 1.165) is 16.8 Å². The van der Waals surface area contributed by atoms with Gasteiger partial charge >= 0.3 is 0 Å². The lowest BCUT2D eigenvalue weighted by Crippen LogP contribution is -2.18. The van der Waals surface area contributed by atoms with Crippen molar-refractivity contribution in [3.05, 3.63) is 63.4 Å². The van der Waals surface area contributed by atoms with E-state index in [2.05, 4.69) is 26.6 Å². The fraction of sp³-hybridized carbons (Fsp3) is 0.188. The molecule has 0 aliphatic heterocycles. The number of rotatable bonds is 4. The molecule has 110 valence electrons. The number of anilines is 1. The Bertz CT molecular complexity index is 673. The number of carbonyl (C=O) groups excluding carboxylic acids is 1. The first kappa shape index (κ1) is 15.5. The number of carbonyl (C=O) groups is 1. The molecule has 0 aliphatic rings. The van der Waals surface area contributed by atoms with Crippen molar-refractivity contribution in [1.29, 1.82) is 0 Å². The van der Waals surface area contributed by atoms with E-state index in [-0.39, 0.29) is 11.7 Å².